The first-order valence-corrected chi connectivity index (χ1v) is 20.7. The summed E-state index contributed by atoms with van der Waals surface area (Å²) in [6, 6.07) is 4.41. The molecule has 19 heteroatoms. The highest BCUT2D eigenvalue weighted by Gasteiger charge is 2.37. The molecule has 0 aromatic carbocycles. The first-order valence-electron chi connectivity index (χ1n) is 20.3. The van der Waals surface area contributed by atoms with E-state index in [1.807, 2.05) is 36.9 Å². The molecule has 320 valence electrons. The van der Waals surface area contributed by atoms with Crippen LogP contribution in [0.4, 0.5) is 29.0 Å². The number of fused-ring (bicyclic) bond motifs is 2. The number of aromatic nitrogens is 10. The minimum absolute atomic E-state index is 0.281. The Kier molecular flexibility index (Phi) is 12.2. The highest BCUT2D eigenvalue weighted by atomic mass is 35.5. The maximum atomic E-state index is 5.94. The van der Waals surface area contributed by atoms with Gasteiger partial charge in [0.1, 0.15) is 25.9 Å². The number of nitrogens with two attached hydrogens (primary N) is 1. The second kappa shape index (κ2) is 18.0. The lowest BCUT2D eigenvalue weighted by atomic mass is 9.79. The number of nitrogens with zero attached hydrogens (tertiary/aromatic N) is 12. The molecular formula is C42H51ClN14O4. The molecule has 0 amide bonds. The number of aryl methyl sites for hydroxylation is 2. The van der Waals surface area contributed by atoms with Gasteiger partial charge in [-0.2, -0.15) is 9.97 Å². The number of likely N-dealkylation sites (N-methyl/N-ethyl adjacent to an activating group) is 2. The van der Waals surface area contributed by atoms with E-state index in [1.165, 1.54) is 38.5 Å². The van der Waals surface area contributed by atoms with Crippen LogP contribution >= 0.6 is 11.6 Å². The van der Waals surface area contributed by atoms with Gasteiger partial charge < -0.3 is 39.8 Å². The summed E-state index contributed by atoms with van der Waals surface area (Å²) in [5, 5.41) is 3.51. The molecule has 6 aromatic rings. The molecule has 2 aliphatic carbocycles. The second-order valence-electron chi connectivity index (χ2n) is 15.6. The van der Waals surface area contributed by atoms with Gasteiger partial charge in [0.2, 0.25) is 11.2 Å². The van der Waals surface area contributed by atoms with Crippen LogP contribution < -0.4 is 39.8 Å². The lowest BCUT2D eigenvalue weighted by Gasteiger charge is -2.42. The van der Waals surface area contributed by atoms with Crippen LogP contribution in [0.15, 0.2) is 62.0 Å². The van der Waals surface area contributed by atoms with Crippen LogP contribution in [0.5, 0.6) is 23.0 Å². The molecule has 2 aliphatic heterocycles. The smallest absolute Gasteiger partial charge is 0.229 e. The highest BCUT2D eigenvalue weighted by Crippen LogP contribution is 2.40. The minimum atomic E-state index is 0.281. The molecule has 18 nitrogen and oxygen atoms in total. The number of nitrogen functional groups attached to an aromatic ring is 1. The van der Waals surface area contributed by atoms with E-state index < -0.39 is 0 Å². The second-order valence-corrected chi connectivity index (χ2v) is 15.9. The molecule has 0 unspecified atom stereocenters. The topological polar surface area (TPSA) is 194 Å². The van der Waals surface area contributed by atoms with Gasteiger partial charge in [-0.15, -0.1) is 0 Å². The van der Waals surface area contributed by atoms with Crippen molar-refractivity contribution < 1.29 is 18.9 Å². The van der Waals surface area contributed by atoms with E-state index in [9.17, 15) is 0 Å². The van der Waals surface area contributed by atoms with Crippen LogP contribution in [0.2, 0.25) is 5.28 Å². The maximum absolute atomic E-state index is 5.94. The third-order valence-corrected chi connectivity index (χ3v) is 11.8. The van der Waals surface area contributed by atoms with Crippen molar-refractivity contribution in [2.24, 2.45) is 11.8 Å². The normalized spacial score (nSPS) is 18.0. The third kappa shape index (κ3) is 9.04. The SMILES string of the molecule is CN1c2nc(Cl)ncc2OC[C@@H]1C1CCC1.COc1cc(N)cnc1-n1cnc(C)c1.COc1cc(Nc2ncc3c(n2)N(C)[C@@H](C2CCC2)CO3)cnc1-n1cnc(C)c1. The molecule has 61 heavy (non-hydrogen) atoms. The average molecular weight is 851 g/mol. The number of ether oxygens (including phenoxy) is 4. The van der Waals surface area contributed by atoms with E-state index in [2.05, 4.69) is 64.1 Å². The first-order chi connectivity index (χ1) is 29.6. The standard InChI is InChI=1S/C21H25N7O2.C11H14ClN3O.C10H12N4O/c1-13-10-28(12-24-13)19-17(29-3)7-15(8-22-19)25-21-23-9-18-20(26-21)27(2)16(11-30-18)14-5-4-6-14;1-15-8(7-3-2-4-7)6-16-9-5-13-11(12)14-10(9)15;1-7-5-14(6-13-7)10-9(15-2)3-8(11)4-12-10/h7-10,12,14,16H,4-6,11H2,1-3H3,(H,23,25,26);5,7-8H,2-4,6H2,1H3;3-6H,11H2,1-2H3/t16-;8-;/m11./s1. The Bertz CT molecular complexity index is 2450. The van der Waals surface area contributed by atoms with E-state index in [0.29, 0.717) is 59.4 Å². The first kappa shape index (κ1) is 41.3. The molecule has 4 aliphatic rings. The number of imidazole rings is 2. The summed E-state index contributed by atoms with van der Waals surface area (Å²) in [5.74, 6) is 7.64. The average Bonchev–Trinajstić information content (AvgIpc) is 3.87. The molecule has 10 rings (SSSR count). The van der Waals surface area contributed by atoms with Gasteiger partial charge in [-0.1, -0.05) is 12.8 Å². The summed E-state index contributed by atoms with van der Waals surface area (Å²) in [6.07, 6.45) is 21.7. The van der Waals surface area contributed by atoms with Crippen LogP contribution in [-0.4, -0.2) is 103 Å². The summed E-state index contributed by atoms with van der Waals surface area (Å²) in [6.45, 7) is 5.28. The predicted molar refractivity (Wildman–Crippen MR) is 232 cm³/mol. The Labute approximate surface area is 359 Å². The zero-order valence-corrected chi connectivity index (χ0v) is 36.0. The summed E-state index contributed by atoms with van der Waals surface area (Å²) < 4.78 is 26.0. The molecule has 3 N–H and O–H groups in total. The highest BCUT2D eigenvalue weighted by molar-refractivity contribution is 6.28. The Morgan fingerprint density at radius 2 is 1.20 bits per heavy atom. The fourth-order valence-corrected chi connectivity index (χ4v) is 7.89. The lowest BCUT2D eigenvalue weighted by molar-refractivity contribution is 0.170. The summed E-state index contributed by atoms with van der Waals surface area (Å²) in [7, 11) is 7.36. The quantitative estimate of drug-likeness (QED) is 0.159. The van der Waals surface area contributed by atoms with Crippen LogP contribution in [0.3, 0.4) is 0 Å². The molecule has 2 atom stereocenters. The molecule has 8 heterocycles. The van der Waals surface area contributed by atoms with E-state index in [-0.39, 0.29) is 5.28 Å². The molecule has 0 radical (unpaired) electrons. The Morgan fingerprint density at radius 1 is 0.672 bits per heavy atom. The van der Waals surface area contributed by atoms with Crippen LogP contribution in [0.1, 0.15) is 49.9 Å². The Hall–Kier alpha value is -6.43. The number of rotatable bonds is 8. The fraction of sp³-hybridized carbons (Fsp3) is 0.429. The van der Waals surface area contributed by atoms with Crippen LogP contribution in [0.25, 0.3) is 11.6 Å². The monoisotopic (exact) mass is 850 g/mol. The van der Waals surface area contributed by atoms with Crippen molar-refractivity contribution >= 4 is 40.6 Å². The number of halogens is 1. The zero-order valence-electron chi connectivity index (χ0n) is 35.2. The zero-order chi connectivity index (χ0) is 42.6. The number of methoxy groups -OCH3 is 2. The molecule has 2 saturated carbocycles. The van der Waals surface area contributed by atoms with Gasteiger partial charge in [-0.25, -0.2) is 29.9 Å². The van der Waals surface area contributed by atoms with Gasteiger partial charge >= 0.3 is 0 Å². The van der Waals surface area contributed by atoms with Gasteiger partial charge in [-0.05, 0) is 63.0 Å². The molecule has 0 spiro atoms. The van der Waals surface area contributed by atoms with Gasteiger partial charge in [-0.3, -0.25) is 9.13 Å². The number of anilines is 5. The number of hydrogen-bond donors (Lipinski definition) is 2. The largest absolute Gasteiger partial charge is 0.493 e. The third-order valence-electron chi connectivity index (χ3n) is 11.6. The molecule has 0 bridgehead atoms. The van der Waals surface area contributed by atoms with E-state index in [4.69, 9.17) is 41.3 Å². The number of pyridine rings is 2. The Morgan fingerprint density at radius 3 is 1.70 bits per heavy atom. The van der Waals surface area contributed by atoms with E-state index in [1.54, 1.807) is 62.3 Å². The Balaban J connectivity index is 0.000000139. The van der Waals surface area contributed by atoms with Gasteiger partial charge in [0, 0.05) is 38.6 Å². The molecule has 2 fully saturated rings. The molecule has 6 aromatic heterocycles. The van der Waals surface area contributed by atoms with Gasteiger partial charge in [0.15, 0.2) is 46.3 Å². The van der Waals surface area contributed by atoms with Crippen molar-refractivity contribution in [2.45, 2.75) is 64.5 Å². The summed E-state index contributed by atoms with van der Waals surface area (Å²) >= 11 is 5.81. The van der Waals surface area contributed by atoms with Crippen molar-refractivity contribution in [3.63, 3.8) is 0 Å². The van der Waals surface area contributed by atoms with Gasteiger partial charge in [0.25, 0.3) is 0 Å². The van der Waals surface area contributed by atoms with E-state index in [0.717, 1.165) is 52.7 Å². The van der Waals surface area contributed by atoms with Crippen molar-refractivity contribution in [1.29, 1.82) is 0 Å². The van der Waals surface area contributed by atoms with Crippen molar-refractivity contribution in [3.05, 3.63) is 78.6 Å². The predicted octanol–water partition coefficient (Wildman–Crippen LogP) is 6.41. The number of hydrogen-bond acceptors (Lipinski definition) is 16. The van der Waals surface area contributed by atoms with Crippen molar-refractivity contribution in [3.8, 4) is 34.6 Å². The fourth-order valence-electron chi connectivity index (χ4n) is 7.76. The maximum Gasteiger partial charge on any atom is 0.229 e. The van der Waals surface area contributed by atoms with Crippen molar-refractivity contribution in [2.75, 3.05) is 62.4 Å². The summed E-state index contributed by atoms with van der Waals surface area (Å²) in [5.41, 5.74) is 8.77. The molecular weight excluding hydrogens is 800 g/mol. The molecule has 0 saturated heterocycles. The van der Waals surface area contributed by atoms with E-state index >= 15 is 0 Å². The van der Waals surface area contributed by atoms with Crippen LogP contribution in [-0.2, 0) is 0 Å². The van der Waals surface area contributed by atoms with Crippen molar-refractivity contribution in [1.82, 2.24) is 49.0 Å². The minimum Gasteiger partial charge on any atom is -0.493 e. The van der Waals surface area contributed by atoms with Crippen LogP contribution in [0, 0.1) is 25.7 Å². The summed E-state index contributed by atoms with van der Waals surface area (Å²) in [4.78, 5) is 38.8. The van der Waals surface area contributed by atoms with Gasteiger partial charge in [0.05, 0.1) is 73.9 Å². The lowest BCUT2D eigenvalue weighted by Crippen LogP contribution is -2.48. The number of nitrogens with one attached hydrogen (secondary N) is 1.